The first-order valence-corrected chi connectivity index (χ1v) is 21.2. The van der Waals surface area contributed by atoms with E-state index >= 15 is 0 Å². The van der Waals surface area contributed by atoms with Gasteiger partial charge in [0.2, 0.25) is 0 Å². The van der Waals surface area contributed by atoms with E-state index in [1.54, 1.807) is 0 Å². The summed E-state index contributed by atoms with van der Waals surface area (Å²) < 4.78 is 6.25. The largest absolute Gasteiger partial charge is 0.500 e. The van der Waals surface area contributed by atoms with Crippen LogP contribution in [0.15, 0.2) is 120 Å². The molecule has 0 bridgehead atoms. The van der Waals surface area contributed by atoms with Crippen LogP contribution in [0.1, 0.15) is 45.7 Å². The van der Waals surface area contributed by atoms with Gasteiger partial charge in [-0.25, -0.2) is 0 Å². The Bertz CT molecular complexity index is 2210. The molecule has 1 radical (unpaired) electrons. The van der Waals surface area contributed by atoms with Gasteiger partial charge in [0.15, 0.2) is 0 Å². The van der Waals surface area contributed by atoms with E-state index in [0.717, 1.165) is 68.4 Å². The first-order valence-electron chi connectivity index (χ1n) is 17.7. The van der Waals surface area contributed by atoms with E-state index in [1.807, 2.05) is 36.5 Å². The van der Waals surface area contributed by atoms with E-state index in [1.165, 1.54) is 16.3 Å². The molecule has 0 saturated heterocycles. The van der Waals surface area contributed by atoms with Gasteiger partial charge >= 0.3 is 0 Å². The van der Waals surface area contributed by atoms with Crippen molar-refractivity contribution in [2.75, 3.05) is 0 Å². The molecule has 7 rings (SSSR count). The van der Waals surface area contributed by atoms with Crippen LogP contribution in [-0.4, -0.2) is 18.0 Å². The molecular formula is C46H48IrN2OSi-2. The molecule has 0 unspecified atom stereocenters. The molecule has 5 heteroatoms. The molecule has 0 aliphatic carbocycles. The van der Waals surface area contributed by atoms with E-state index in [0.29, 0.717) is 5.92 Å². The van der Waals surface area contributed by atoms with Crippen molar-refractivity contribution in [3.8, 4) is 33.6 Å². The van der Waals surface area contributed by atoms with E-state index in [4.69, 9.17) is 9.40 Å². The summed E-state index contributed by atoms with van der Waals surface area (Å²) in [6.07, 6.45) is 6.15. The van der Waals surface area contributed by atoms with Crippen LogP contribution in [0.4, 0.5) is 0 Å². The maximum Gasteiger partial charge on any atom is 0.128 e. The smallest absolute Gasteiger partial charge is 0.128 e. The predicted molar refractivity (Wildman–Crippen MR) is 214 cm³/mol. The Labute approximate surface area is 319 Å². The van der Waals surface area contributed by atoms with Crippen LogP contribution in [0.2, 0.25) is 19.6 Å². The molecule has 3 nitrogen and oxygen atoms in total. The monoisotopic (exact) mass is 865 g/mol. The maximum absolute atomic E-state index is 6.25. The molecule has 0 aliphatic heterocycles. The maximum atomic E-state index is 6.25. The Morgan fingerprint density at radius 2 is 1.51 bits per heavy atom. The van der Waals surface area contributed by atoms with Crippen LogP contribution >= 0.6 is 0 Å². The molecule has 0 N–H and O–H groups in total. The van der Waals surface area contributed by atoms with E-state index in [9.17, 15) is 0 Å². The first-order chi connectivity index (χ1) is 23.9. The average Bonchev–Trinajstić information content (AvgIpc) is 3.46. The minimum absolute atomic E-state index is 0. The Morgan fingerprint density at radius 1 is 0.765 bits per heavy atom. The Hall–Kier alpha value is -4.15. The number of benzene rings is 4. The Balaban J connectivity index is 0.000000205. The van der Waals surface area contributed by atoms with Gasteiger partial charge in [-0.15, -0.1) is 59.7 Å². The Morgan fingerprint density at radius 3 is 2.20 bits per heavy atom. The number of nitrogens with zero attached hydrogens (tertiary/aromatic N) is 2. The molecule has 51 heavy (non-hydrogen) atoms. The fourth-order valence-electron chi connectivity index (χ4n) is 6.54. The second kappa shape index (κ2) is 16.0. The zero-order chi connectivity index (χ0) is 35.5. The zero-order valence-electron chi connectivity index (χ0n) is 31.1. The van der Waals surface area contributed by atoms with Gasteiger partial charge in [0.25, 0.3) is 0 Å². The van der Waals surface area contributed by atoms with Gasteiger partial charge in [0, 0.05) is 43.4 Å². The van der Waals surface area contributed by atoms with Crippen LogP contribution in [0.5, 0.6) is 0 Å². The summed E-state index contributed by atoms with van der Waals surface area (Å²) in [5.41, 5.74) is 11.2. The molecule has 0 fully saturated rings. The molecule has 263 valence electrons. The van der Waals surface area contributed by atoms with E-state index in [-0.39, 0.29) is 25.5 Å². The molecule has 4 aromatic carbocycles. The first kappa shape index (κ1) is 38.1. The van der Waals surface area contributed by atoms with Crippen molar-refractivity contribution < 1.29 is 24.5 Å². The van der Waals surface area contributed by atoms with E-state index in [2.05, 4.69) is 150 Å². The van der Waals surface area contributed by atoms with Crippen molar-refractivity contribution in [2.24, 2.45) is 11.3 Å². The molecular weight excluding hydrogens is 817 g/mol. The molecule has 0 spiro atoms. The van der Waals surface area contributed by atoms with Gasteiger partial charge in [-0.3, -0.25) is 0 Å². The van der Waals surface area contributed by atoms with Crippen molar-refractivity contribution in [2.45, 2.75) is 67.1 Å². The van der Waals surface area contributed by atoms with Crippen LogP contribution in [0, 0.1) is 23.5 Å². The Kier molecular flexibility index (Phi) is 12.0. The van der Waals surface area contributed by atoms with E-state index < -0.39 is 8.07 Å². The number of fused-ring (bicyclic) bond motifs is 3. The van der Waals surface area contributed by atoms with Crippen molar-refractivity contribution in [1.29, 1.82) is 0 Å². The molecule has 0 atom stereocenters. The number of hydrogen-bond acceptors (Lipinski definition) is 3. The number of rotatable bonds is 7. The number of para-hydroxylation sites is 1. The molecule has 0 amide bonds. The summed E-state index contributed by atoms with van der Waals surface area (Å²) in [5, 5.41) is 3.70. The summed E-state index contributed by atoms with van der Waals surface area (Å²) in [6, 6.07) is 42.1. The second-order valence-electron chi connectivity index (χ2n) is 15.9. The van der Waals surface area contributed by atoms with Gasteiger partial charge in [0.05, 0.1) is 13.7 Å². The van der Waals surface area contributed by atoms with Gasteiger partial charge < -0.3 is 14.4 Å². The van der Waals surface area contributed by atoms with Gasteiger partial charge in [-0.2, -0.15) is 0 Å². The third kappa shape index (κ3) is 9.40. The van der Waals surface area contributed by atoms with Crippen molar-refractivity contribution in [3.63, 3.8) is 0 Å². The van der Waals surface area contributed by atoms with Crippen LogP contribution in [0.25, 0.3) is 55.6 Å². The number of pyridine rings is 2. The minimum atomic E-state index is -1.37. The SMILES string of the molecule is CC(C)(C)Cc1cc(-c2[c-]cccc2)ncc1[Si](C)(C)C.CC(C)Cc1ccnc(-c2[c-]cc3oc4c(-c5ccccc5)cccc4c3c2)c1.[Ir]. The standard InChI is InChI=1S/C27H22NO.C19H26NSi.Ir/c1-18(2)15-19-13-14-28-25(16-19)21-11-12-26-24(17-21)23-10-6-9-22(27(23)29-26)20-7-4-3-5-8-20;1-19(2,3)13-16-12-17(15-10-8-7-9-11-15)20-14-18(16)21(4,5)6;/h3-10,12-14,16-18H,15H2,1-2H3;7-10,12,14H,13H2,1-6H3;/q2*-1;. The molecule has 0 saturated carbocycles. The van der Waals surface area contributed by atoms with Crippen LogP contribution in [0.3, 0.4) is 0 Å². The summed E-state index contributed by atoms with van der Waals surface area (Å²) in [7, 11) is -1.37. The minimum Gasteiger partial charge on any atom is -0.500 e. The summed E-state index contributed by atoms with van der Waals surface area (Å²) in [5.74, 6) is 0.617. The molecule has 3 aromatic heterocycles. The molecule has 3 heterocycles. The molecule has 7 aromatic rings. The van der Waals surface area contributed by atoms with Crippen molar-refractivity contribution >= 4 is 35.2 Å². The fraction of sp³-hybridized carbons (Fsp3) is 0.261. The number of hydrogen-bond donors (Lipinski definition) is 0. The fourth-order valence-corrected chi connectivity index (χ4v) is 8.12. The van der Waals surface area contributed by atoms with Crippen LogP contribution in [-0.2, 0) is 32.9 Å². The summed E-state index contributed by atoms with van der Waals surface area (Å²) in [6.45, 7) is 18.6. The predicted octanol–water partition coefficient (Wildman–Crippen LogP) is 12.0. The van der Waals surface area contributed by atoms with Gasteiger partial charge in [0.1, 0.15) is 5.58 Å². The zero-order valence-corrected chi connectivity index (χ0v) is 34.5. The van der Waals surface area contributed by atoms with Gasteiger partial charge in [-0.05, 0) is 52.4 Å². The quantitative estimate of drug-likeness (QED) is 0.118. The number of furan rings is 1. The van der Waals surface area contributed by atoms with Crippen LogP contribution < -0.4 is 5.19 Å². The van der Waals surface area contributed by atoms with Crippen molar-refractivity contribution in [3.05, 3.63) is 139 Å². The van der Waals surface area contributed by atoms with Crippen molar-refractivity contribution in [1.82, 2.24) is 9.97 Å². The third-order valence-electron chi connectivity index (χ3n) is 8.76. The summed E-state index contributed by atoms with van der Waals surface area (Å²) in [4.78, 5) is 9.30. The summed E-state index contributed by atoms with van der Waals surface area (Å²) >= 11 is 0. The molecule has 0 aliphatic rings. The topological polar surface area (TPSA) is 38.9 Å². The number of aromatic nitrogens is 2. The normalized spacial score (nSPS) is 11.7. The average molecular weight is 865 g/mol. The van der Waals surface area contributed by atoms with Gasteiger partial charge in [-0.1, -0.05) is 131 Å². The third-order valence-corrected chi connectivity index (χ3v) is 10.8. The second-order valence-corrected chi connectivity index (χ2v) is 21.0.